The SMILES string of the molecule is COc1cc2c(NS(=O)(=O)c3c(OC)cccc3OC)noc2cc1Nc1ccn(C(C)C)n1. The molecule has 0 amide bonds. The van der Waals surface area contributed by atoms with Gasteiger partial charge in [0.1, 0.15) is 17.2 Å². The maximum atomic E-state index is 13.2. The van der Waals surface area contributed by atoms with Gasteiger partial charge in [-0.05, 0) is 32.0 Å². The number of hydrogen-bond acceptors (Lipinski definition) is 9. The first kappa shape index (κ1) is 23.2. The van der Waals surface area contributed by atoms with Crippen molar-refractivity contribution in [2.75, 3.05) is 31.4 Å². The molecule has 2 aromatic heterocycles. The third-order valence-corrected chi connectivity index (χ3v) is 6.48. The Morgan fingerprint density at radius 2 is 1.68 bits per heavy atom. The molecule has 0 fully saturated rings. The zero-order valence-corrected chi connectivity index (χ0v) is 20.1. The maximum Gasteiger partial charge on any atom is 0.270 e. The van der Waals surface area contributed by atoms with Gasteiger partial charge in [-0.3, -0.25) is 9.40 Å². The molecule has 180 valence electrons. The first-order valence-electron chi connectivity index (χ1n) is 10.3. The first-order valence-corrected chi connectivity index (χ1v) is 11.8. The molecular formula is C22H25N5O6S. The van der Waals surface area contributed by atoms with Crippen LogP contribution in [0, 0.1) is 0 Å². The first-order chi connectivity index (χ1) is 16.3. The molecule has 0 unspecified atom stereocenters. The van der Waals surface area contributed by atoms with Crippen LogP contribution in [0.4, 0.5) is 17.3 Å². The van der Waals surface area contributed by atoms with E-state index < -0.39 is 10.0 Å². The lowest BCUT2D eigenvalue weighted by Gasteiger charge is -2.14. The van der Waals surface area contributed by atoms with Crippen molar-refractivity contribution in [3.8, 4) is 17.2 Å². The van der Waals surface area contributed by atoms with Gasteiger partial charge in [0.05, 0.1) is 32.4 Å². The van der Waals surface area contributed by atoms with Crippen LogP contribution in [-0.2, 0) is 10.0 Å². The van der Waals surface area contributed by atoms with Crippen LogP contribution in [0.3, 0.4) is 0 Å². The molecule has 0 bridgehead atoms. The van der Waals surface area contributed by atoms with E-state index in [0.29, 0.717) is 28.2 Å². The molecule has 0 saturated heterocycles. The van der Waals surface area contributed by atoms with Crippen LogP contribution in [0.25, 0.3) is 11.0 Å². The van der Waals surface area contributed by atoms with Crippen molar-refractivity contribution in [1.29, 1.82) is 0 Å². The minimum Gasteiger partial charge on any atom is -0.495 e. The van der Waals surface area contributed by atoms with Gasteiger partial charge in [0.2, 0.25) is 0 Å². The fourth-order valence-corrected chi connectivity index (χ4v) is 4.73. The average molecular weight is 488 g/mol. The van der Waals surface area contributed by atoms with E-state index in [4.69, 9.17) is 18.7 Å². The van der Waals surface area contributed by atoms with Gasteiger partial charge < -0.3 is 24.1 Å². The summed E-state index contributed by atoms with van der Waals surface area (Å²) in [4.78, 5) is -0.151. The zero-order valence-electron chi connectivity index (χ0n) is 19.3. The summed E-state index contributed by atoms with van der Waals surface area (Å²) in [5.74, 6) is 1.33. The molecule has 4 rings (SSSR count). The molecule has 0 saturated carbocycles. The van der Waals surface area contributed by atoms with Gasteiger partial charge in [-0.2, -0.15) is 5.10 Å². The molecule has 0 radical (unpaired) electrons. The fourth-order valence-electron chi connectivity index (χ4n) is 3.40. The smallest absolute Gasteiger partial charge is 0.270 e. The number of nitrogens with zero attached hydrogens (tertiary/aromatic N) is 3. The summed E-state index contributed by atoms with van der Waals surface area (Å²) in [5, 5.41) is 12.0. The van der Waals surface area contributed by atoms with Crippen LogP contribution >= 0.6 is 0 Å². The van der Waals surface area contributed by atoms with E-state index in [9.17, 15) is 8.42 Å². The van der Waals surface area contributed by atoms with Crippen LogP contribution in [-0.4, -0.2) is 44.7 Å². The summed E-state index contributed by atoms with van der Waals surface area (Å²) in [6.45, 7) is 4.06. The molecule has 0 atom stereocenters. The topological polar surface area (TPSA) is 130 Å². The molecule has 0 aliphatic rings. The van der Waals surface area contributed by atoms with E-state index in [1.54, 1.807) is 18.2 Å². The molecule has 34 heavy (non-hydrogen) atoms. The molecule has 0 spiro atoms. The lowest BCUT2D eigenvalue weighted by Crippen LogP contribution is -2.15. The average Bonchev–Trinajstić information content (AvgIpc) is 3.44. The van der Waals surface area contributed by atoms with Crippen LogP contribution in [0.1, 0.15) is 19.9 Å². The molecule has 12 heteroatoms. The van der Waals surface area contributed by atoms with Crippen molar-refractivity contribution in [2.24, 2.45) is 0 Å². The zero-order chi connectivity index (χ0) is 24.5. The van der Waals surface area contributed by atoms with Gasteiger partial charge in [0, 0.05) is 24.4 Å². The van der Waals surface area contributed by atoms with Gasteiger partial charge in [-0.1, -0.05) is 11.2 Å². The summed E-state index contributed by atoms with van der Waals surface area (Å²) >= 11 is 0. The van der Waals surface area contributed by atoms with Gasteiger partial charge in [0.15, 0.2) is 22.1 Å². The number of rotatable bonds is 9. The Labute approximate surface area is 196 Å². The third kappa shape index (κ3) is 4.31. The Kier molecular flexibility index (Phi) is 6.24. The van der Waals surface area contributed by atoms with Crippen LogP contribution in [0.2, 0.25) is 0 Å². The summed E-state index contributed by atoms with van der Waals surface area (Å²) in [6.07, 6.45) is 1.87. The summed E-state index contributed by atoms with van der Waals surface area (Å²) < 4.78 is 52.1. The highest BCUT2D eigenvalue weighted by Gasteiger charge is 2.27. The monoisotopic (exact) mass is 487 g/mol. The number of hydrogen-bond donors (Lipinski definition) is 2. The largest absolute Gasteiger partial charge is 0.495 e. The predicted molar refractivity (Wildman–Crippen MR) is 127 cm³/mol. The Hall–Kier alpha value is -3.93. The van der Waals surface area contributed by atoms with Crippen LogP contribution in [0.5, 0.6) is 17.2 Å². The lowest BCUT2D eigenvalue weighted by molar-refractivity contribution is 0.373. The molecule has 0 aliphatic heterocycles. The number of anilines is 3. The molecule has 2 heterocycles. The van der Waals surface area contributed by atoms with Gasteiger partial charge in [0.25, 0.3) is 10.0 Å². The van der Waals surface area contributed by atoms with Gasteiger partial charge >= 0.3 is 0 Å². The summed E-state index contributed by atoms with van der Waals surface area (Å²) in [5.41, 5.74) is 0.928. The lowest BCUT2D eigenvalue weighted by atomic mass is 10.2. The number of ether oxygens (including phenoxy) is 3. The van der Waals surface area contributed by atoms with Crippen molar-refractivity contribution >= 4 is 38.3 Å². The fraction of sp³-hybridized carbons (Fsp3) is 0.273. The molecule has 0 aliphatic carbocycles. The quantitative estimate of drug-likeness (QED) is 0.357. The molecule has 2 N–H and O–H groups in total. The number of benzene rings is 2. The van der Waals surface area contributed by atoms with E-state index in [1.165, 1.54) is 33.5 Å². The molecule has 2 aromatic carbocycles. The van der Waals surface area contributed by atoms with E-state index in [2.05, 4.69) is 20.3 Å². The van der Waals surface area contributed by atoms with Crippen LogP contribution in [0.15, 0.2) is 52.0 Å². The number of aromatic nitrogens is 3. The second-order valence-electron chi connectivity index (χ2n) is 7.58. The van der Waals surface area contributed by atoms with E-state index in [1.807, 2.05) is 30.8 Å². The van der Waals surface area contributed by atoms with Gasteiger partial charge in [-0.25, -0.2) is 8.42 Å². The normalized spacial score (nSPS) is 11.6. The van der Waals surface area contributed by atoms with Gasteiger partial charge in [-0.15, -0.1) is 0 Å². The van der Waals surface area contributed by atoms with E-state index in [-0.39, 0.29) is 28.3 Å². The van der Waals surface area contributed by atoms with Crippen molar-refractivity contribution < 1.29 is 27.2 Å². The van der Waals surface area contributed by atoms with Crippen molar-refractivity contribution in [3.05, 3.63) is 42.6 Å². The summed E-state index contributed by atoms with van der Waals surface area (Å²) in [7, 11) is 0.130. The number of fused-ring (bicyclic) bond motifs is 1. The highest BCUT2D eigenvalue weighted by Crippen LogP contribution is 2.38. The minimum absolute atomic E-state index is 0.00288. The molecular weight excluding hydrogens is 462 g/mol. The second kappa shape index (κ2) is 9.14. The van der Waals surface area contributed by atoms with Crippen molar-refractivity contribution in [3.63, 3.8) is 0 Å². The highest BCUT2D eigenvalue weighted by atomic mass is 32.2. The number of methoxy groups -OCH3 is 3. The number of nitrogens with one attached hydrogen (secondary N) is 2. The second-order valence-corrected chi connectivity index (χ2v) is 9.20. The Morgan fingerprint density at radius 3 is 2.26 bits per heavy atom. The summed E-state index contributed by atoms with van der Waals surface area (Å²) in [6, 6.07) is 10.0. The maximum absolute atomic E-state index is 13.2. The van der Waals surface area contributed by atoms with Crippen molar-refractivity contribution in [2.45, 2.75) is 24.8 Å². The standard InChI is InChI=1S/C22H25N5O6S/c1-13(2)27-10-9-20(24-27)23-15-12-18-14(11-19(15)32-5)22(25-33-18)26-34(28,29)21-16(30-3)7-6-8-17(21)31-4/h6-13H,1-5H3,(H,23,24)(H,25,26). The van der Waals surface area contributed by atoms with Crippen LogP contribution < -0.4 is 24.2 Å². The highest BCUT2D eigenvalue weighted by molar-refractivity contribution is 7.93. The molecule has 4 aromatic rings. The minimum atomic E-state index is -4.14. The van der Waals surface area contributed by atoms with E-state index >= 15 is 0 Å². The predicted octanol–water partition coefficient (Wildman–Crippen LogP) is 4.18. The molecule has 11 nitrogen and oxygen atoms in total. The number of sulfonamides is 1. The third-order valence-electron chi connectivity index (χ3n) is 5.07. The van der Waals surface area contributed by atoms with E-state index in [0.717, 1.165) is 0 Å². The Bertz CT molecular complexity index is 1400. The Balaban J connectivity index is 1.70. The Morgan fingerprint density at radius 1 is 1.00 bits per heavy atom. The van der Waals surface area contributed by atoms with Crippen molar-refractivity contribution in [1.82, 2.24) is 14.9 Å².